The Kier molecular flexibility index (Phi) is 5.21. The Morgan fingerprint density at radius 3 is 2.67 bits per heavy atom. The van der Waals surface area contributed by atoms with Crippen LogP contribution in [0.1, 0.15) is 15.9 Å². The van der Waals surface area contributed by atoms with Crippen LogP contribution in [0.25, 0.3) is 22.3 Å². The van der Waals surface area contributed by atoms with E-state index in [9.17, 15) is 14.9 Å². The molecule has 8 heteroatoms. The van der Waals surface area contributed by atoms with Crippen LogP contribution >= 0.6 is 0 Å². The zero-order chi connectivity index (χ0) is 20.9. The van der Waals surface area contributed by atoms with Crippen LogP contribution in [0.5, 0.6) is 0 Å². The van der Waals surface area contributed by atoms with Crippen molar-refractivity contribution >= 4 is 28.8 Å². The molecule has 1 amide bonds. The molecule has 0 fully saturated rings. The van der Waals surface area contributed by atoms with Crippen molar-refractivity contribution in [2.75, 3.05) is 0 Å². The molecule has 0 spiro atoms. The highest BCUT2D eigenvalue weighted by molar-refractivity contribution is 6.03. The number of carbonyl (C=O) groups is 1. The molecule has 0 aliphatic heterocycles. The number of non-ortho nitro benzene ring substituents is 1. The summed E-state index contributed by atoms with van der Waals surface area (Å²) in [5, 5.41) is 15.8. The van der Waals surface area contributed by atoms with Gasteiger partial charge in [-0.05, 0) is 23.8 Å². The van der Waals surface area contributed by atoms with E-state index in [1.54, 1.807) is 36.5 Å². The average molecular weight is 397 g/mol. The van der Waals surface area contributed by atoms with Gasteiger partial charge in [0.15, 0.2) is 5.65 Å². The van der Waals surface area contributed by atoms with Crippen molar-refractivity contribution in [3.63, 3.8) is 0 Å². The molecular weight excluding hydrogens is 382 g/mol. The summed E-state index contributed by atoms with van der Waals surface area (Å²) in [7, 11) is 0. The van der Waals surface area contributed by atoms with Crippen LogP contribution < -0.4 is 5.43 Å². The molecule has 0 radical (unpaired) electrons. The summed E-state index contributed by atoms with van der Waals surface area (Å²) >= 11 is 0. The third-order valence-electron chi connectivity index (χ3n) is 4.34. The first-order valence-electron chi connectivity index (χ1n) is 9.01. The first kappa shape index (κ1) is 18.9. The van der Waals surface area contributed by atoms with Crippen molar-refractivity contribution in [3.8, 4) is 11.3 Å². The van der Waals surface area contributed by atoms with Crippen molar-refractivity contribution in [2.24, 2.45) is 5.10 Å². The Labute approximate surface area is 171 Å². The lowest BCUT2D eigenvalue weighted by molar-refractivity contribution is -0.384. The number of rotatable bonds is 5. The van der Waals surface area contributed by atoms with E-state index >= 15 is 0 Å². The molecule has 2 heterocycles. The lowest BCUT2D eigenvalue weighted by atomic mass is 10.0. The zero-order valence-corrected chi connectivity index (χ0v) is 15.6. The van der Waals surface area contributed by atoms with E-state index in [2.05, 4.69) is 20.5 Å². The Hall–Kier alpha value is -4.46. The first-order valence-corrected chi connectivity index (χ1v) is 9.01. The van der Waals surface area contributed by atoms with E-state index in [1.165, 1.54) is 18.3 Å². The van der Waals surface area contributed by atoms with Gasteiger partial charge in [-0.15, -0.1) is 0 Å². The number of pyridine rings is 2. The lowest BCUT2D eigenvalue weighted by Crippen LogP contribution is -2.19. The Morgan fingerprint density at radius 1 is 1.03 bits per heavy atom. The third-order valence-corrected chi connectivity index (χ3v) is 4.34. The van der Waals surface area contributed by atoms with Gasteiger partial charge in [0.05, 0.1) is 22.4 Å². The SMILES string of the molecule is O=C(NN=Cc1ccccc1)c1cc2cccnc2nc1-c1cccc([N+](=O)[O-])c1. The fraction of sp³-hybridized carbons (Fsp3) is 0. The highest BCUT2D eigenvalue weighted by Gasteiger charge is 2.18. The zero-order valence-electron chi connectivity index (χ0n) is 15.6. The van der Waals surface area contributed by atoms with E-state index < -0.39 is 10.8 Å². The fourth-order valence-corrected chi connectivity index (χ4v) is 2.93. The van der Waals surface area contributed by atoms with E-state index in [4.69, 9.17) is 0 Å². The number of nitro benzene ring substituents is 1. The number of carbonyl (C=O) groups excluding carboxylic acids is 1. The van der Waals surface area contributed by atoms with Gasteiger partial charge in [-0.1, -0.05) is 42.5 Å². The molecule has 0 aliphatic carbocycles. The second kappa shape index (κ2) is 8.27. The molecule has 146 valence electrons. The van der Waals surface area contributed by atoms with Crippen LogP contribution in [0.2, 0.25) is 0 Å². The number of hydrogen-bond donors (Lipinski definition) is 1. The smallest absolute Gasteiger partial charge is 0.267 e. The van der Waals surface area contributed by atoms with Crippen molar-refractivity contribution in [2.45, 2.75) is 0 Å². The molecule has 1 N–H and O–H groups in total. The van der Waals surface area contributed by atoms with E-state index in [0.717, 1.165) is 5.56 Å². The van der Waals surface area contributed by atoms with Gasteiger partial charge in [-0.3, -0.25) is 14.9 Å². The predicted octanol–water partition coefficient (Wildman–Crippen LogP) is 3.97. The van der Waals surface area contributed by atoms with Crippen molar-refractivity contribution < 1.29 is 9.72 Å². The molecule has 0 saturated carbocycles. The number of benzene rings is 2. The Bertz CT molecular complexity index is 1270. The number of nitrogens with one attached hydrogen (secondary N) is 1. The summed E-state index contributed by atoms with van der Waals surface area (Å²) < 4.78 is 0. The van der Waals surface area contributed by atoms with Crippen LogP contribution in [0.15, 0.2) is 84.1 Å². The van der Waals surface area contributed by atoms with Crippen molar-refractivity contribution in [1.29, 1.82) is 0 Å². The highest BCUT2D eigenvalue weighted by atomic mass is 16.6. The maximum atomic E-state index is 12.9. The highest BCUT2D eigenvalue weighted by Crippen LogP contribution is 2.27. The number of fused-ring (bicyclic) bond motifs is 1. The summed E-state index contributed by atoms with van der Waals surface area (Å²) in [6.07, 6.45) is 3.12. The number of nitro groups is 1. The van der Waals surface area contributed by atoms with E-state index in [1.807, 2.05) is 30.3 Å². The van der Waals surface area contributed by atoms with Crippen LogP contribution in [0, 0.1) is 10.1 Å². The number of hydrogen-bond acceptors (Lipinski definition) is 6. The molecule has 4 rings (SSSR count). The second-order valence-corrected chi connectivity index (χ2v) is 6.35. The van der Waals surface area contributed by atoms with Gasteiger partial charge in [0.1, 0.15) is 0 Å². The van der Waals surface area contributed by atoms with Crippen LogP contribution in [-0.2, 0) is 0 Å². The number of hydrazone groups is 1. The number of nitrogens with zero attached hydrogens (tertiary/aromatic N) is 4. The maximum absolute atomic E-state index is 12.9. The molecule has 0 atom stereocenters. The molecule has 4 aromatic rings. The molecule has 0 bridgehead atoms. The summed E-state index contributed by atoms with van der Waals surface area (Å²) in [5.74, 6) is -0.484. The predicted molar refractivity (Wildman–Crippen MR) is 113 cm³/mol. The maximum Gasteiger partial charge on any atom is 0.273 e. The molecule has 0 aliphatic rings. The monoisotopic (exact) mass is 397 g/mol. The molecule has 0 saturated heterocycles. The number of amides is 1. The van der Waals surface area contributed by atoms with E-state index in [-0.39, 0.29) is 16.9 Å². The summed E-state index contributed by atoms with van der Waals surface area (Å²) in [5.41, 5.74) is 4.63. The summed E-state index contributed by atoms with van der Waals surface area (Å²) in [6.45, 7) is 0. The van der Waals surface area contributed by atoms with Gasteiger partial charge in [0.25, 0.3) is 11.6 Å². The van der Waals surface area contributed by atoms with E-state index in [0.29, 0.717) is 16.6 Å². The molecule has 2 aromatic carbocycles. The van der Waals surface area contributed by atoms with Crippen molar-refractivity contribution in [3.05, 3.63) is 100 Å². The van der Waals surface area contributed by atoms with Gasteiger partial charge in [0, 0.05) is 29.3 Å². The quantitative estimate of drug-likeness (QED) is 0.311. The van der Waals surface area contributed by atoms with Gasteiger partial charge >= 0.3 is 0 Å². The molecule has 0 unspecified atom stereocenters. The van der Waals surface area contributed by atoms with Gasteiger partial charge in [0.2, 0.25) is 0 Å². The lowest BCUT2D eigenvalue weighted by Gasteiger charge is -2.09. The minimum Gasteiger partial charge on any atom is -0.267 e. The second-order valence-electron chi connectivity index (χ2n) is 6.35. The largest absolute Gasteiger partial charge is 0.273 e. The Balaban J connectivity index is 1.75. The molecular formula is C22H15N5O3. The minimum atomic E-state index is -0.493. The summed E-state index contributed by atoms with van der Waals surface area (Å²) in [4.78, 5) is 32.3. The van der Waals surface area contributed by atoms with Gasteiger partial charge < -0.3 is 0 Å². The van der Waals surface area contributed by atoms with Crippen molar-refractivity contribution in [1.82, 2.24) is 15.4 Å². The fourth-order valence-electron chi connectivity index (χ4n) is 2.93. The van der Waals surface area contributed by atoms with Crippen LogP contribution in [0.4, 0.5) is 5.69 Å². The molecule has 2 aromatic heterocycles. The number of aromatic nitrogens is 2. The Morgan fingerprint density at radius 2 is 1.87 bits per heavy atom. The van der Waals surface area contributed by atoms with Gasteiger partial charge in [-0.2, -0.15) is 5.10 Å². The van der Waals surface area contributed by atoms with Crippen LogP contribution in [0.3, 0.4) is 0 Å². The summed E-state index contributed by atoms with van der Waals surface area (Å²) in [6, 6.07) is 20.5. The van der Waals surface area contributed by atoms with Gasteiger partial charge in [-0.25, -0.2) is 15.4 Å². The normalized spacial score (nSPS) is 10.9. The standard InChI is InChI=1S/C22H15N5O3/c28-22(26-24-14-15-6-2-1-3-7-15)19-13-17-9-5-11-23-21(17)25-20(19)16-8-4-10-18(12-16)27(29)30/h1-14H,(H,26,28). The third kappa shape index (κ3) is 4.02. The average Bonchev–Trinajstić information content (AvgIpc) is 2.79. The molecule has 30 heavy (non-hydrogen) atoms. The van der Waals surface area contributed by atoms with Crippen LogP contribution in [-0.4, -0.2) is 27.0 Å². The first-order chi connectivity index (χ1) is 14.6. The molecule has 8 nitrogen and oxygen atoms in total. The topological polar surface area (TPSA) is 110 Å². The minimum absolute atomic E-state index is 0.0936.